The van der Waals surface area contributed by atoms with Gasteiger partial charge in [-0.25, -0.2) is 13.6 Å². The van der Waals surface area contributed by atoms with E-state index < -0.39 is 10.0 Å². The average molecular weight is 270 g/mol. The van der Waals surface area contributed by atoms with Crippen LogP contribution < -0.4 is 10.5 Å². The molecule has 0 spiro atoms. The van der Waals surface area contributed by atoms with Crippen molar-refractivity contribution in [1.82, 2.24) is 5.32 Å². The predicted molar refractivity (Wildman–Crippen MR) is 69.8 cm³/mol. The Hall–Kier alpha value is -1.11. The molecule has 0 fully saturated rings. The highest BCUT2D eigenvalue weighted by molar-refractivity contribution is 7.89. The van der Waals surface area contributed by atoms with Gasteiger partial charge in [0.2, 0.25) is 10.0 Å². The fraction of sp³-hybridized carbons (Fsp3) is 0.500. The standard InChI is InChI=1S/C12H18N2O3S/c13-18(16,17)8-2-7-14-11-6-5-10-9(11)3-1-4-12(10)15/h1,3-4,11,14-15H,2,5-8H2,(H2,13,16,17). The van der Waals surface area contributed by atoms with E-state index in [1.807, 2.05) is 12.1 Å². The van der Waals surface area contributed by atoms with Gasteiger partial charge in [0, 0.05) is 6.04 Å². The number of hydrogen-bond acceptors (Lipinski definition) is 4. The maximum atomic E-state index is 10.8. The van der Waals surface area contributed by atoms with Gasteiger partial charge in [-0.2, -0.15) is 0 Å². The molecule has 0 saturated heterocycles. The van der Waals surface area contributed by atoms with Crippen LogP contribution in [0.1, 0.15) is 30.0 Å². The third-order valence-corrected chi connectivity index (χ3v) is 4.10. The minimum atomic E-state index is -3.37. The molecule has 0 aromatic heterocycles. The summed E-state index contributed by atoms with van der Waals surface area (Å²) < 4.78 is 21.6. The molecule has 1 aliphatic rings. The van der Waals surface area contributed by atoms with Crippen molar-refractivity contribution in [3.8, 4) is 5.75 Å². The Morgan fingerprint density at radius 3 is 2.94 bits per heavy atom. The summed E-state index contributed by atoms with van der Waals surface area (Å²) in [5.74, 6) is 0.348. The van der Waals surface area contributed by atoms with Crippen LogP contribution in [-0.2, 0) is 16.4 Å². The first kappa shape index (κ1) is 13.3. The van der Waals surface area contributed by atoms with Gasteiger partial charge >= 0.3 is 0 Å². The van der Waals surface area contributed by atoms with Crippen molar-refractivity contribution in [1.29, 1.82) is 0 Å². The molecule has 0 bridgehead atoms. The molecule has 2 rings (SSSR count). The molecule has 1 aromatic rings. The summed E-state index contributed by atoms with van der Waals surface area (Å²) in [4.78, 5) is 0. The fourth-order valence-corrected chi connectivity index (χ4v) is 2.94. The van der Waals surface area contributed by atoms with E-state index in [9.17, 15) is 13.5 Å². The molecule has 5 nitrogen and oxygen atoms in total. The molecule has 1 unspecified atom stereocenters. The zero-order valence-electron chi connectivity index (χ0n) is 10.1. The predicted octanol–water partition coefficient (Wildman–Crippen LogP) is 0.648. The minimum Gasteiger partial charge on any atom is -0.508 e. The second-order valence-corrected chi connectivity index (χ2v) is 6.34. The Balaban J connectivity index is 1.89. The maximum absolute atomic E-state index is 10.8. The zero-order valence-corrected chi connectivity index (χ0v) is 10.9. The van der Waals surface area contributed by atoms with E-state index >= 15 is 0 Å². The SMILES string of the molecule is NS(=O)(=O)CCCNC1CCc2c(O)cccc21. The van der Waals surface area contributed by atoms with Crippen molar-refractivity contribution in [3.05, 3.63) is 29.3 Å². The summed E-state index contributed by atoms with van der Waals surface area (Å²) in [6.07, 6.45) is 2.29. The highest BCUT2D eigenvalue weighted by Crippen LogP contribution is 2.36. The Kier molecular flexibility index (Phi) is 3.89. The lowest BCUT2D eigenvalue weighted by Gasteiger charge is -2.13. The maximum Gasteiger partial charge on any atom is 0.209 e. The van der Waals surface area contributed by atoms with E-state index in [1.165, 1.54) is 0 Å². The van der Waals surface area contributed by atoms with E-state index in [2.05, 4.69) is 5.32 Å². The number of aromatic hydroxyl groups is 1. The van der Waals surface area contributed by atoms with Gasteiger partial charge in [0.25, 0.3) is 0 Å². The van der Waals surface area contributed by atoms with Crippen LogP contribution in [0.25, 0.3) is 0 Å². The van der Waals surface area contributed by atoms with Crippen molar-refractivity contribution in [2.45, 2.75) is 25.3 Å². The van der Waals surface area contributed by atoms with E-state index in [0.717, 1.165) is 24.0 Å². The lowest BCUT2D eigenvalue weighted by molar-refractivity contribution is 0.469. The van der Waals surface area contributed by atoms with E-state index in [-0.39, 0.29) is 11.8 Å². The lowest BCUT2D eigenvalue weighted by atomic mass is 10.1. The number of primary sulfonamides is 1. The molecule has 100 valence electrons. The van der Waals surface area contributed by atoms with E-state index in [0.29, 0.717) is 18.7 Å². The Labute approximate surface area is 107 Å². The Morgan fingerprint density at radius 1 is 1.44 bits per heavy atom. The van der Waals surface area contributed by atoms with Crippen molar-refractivity contribution in [2.24, 2.45) is 5.14 Å². The molecular weight excluding hydrogens is 252 g/mol. The fourth-order valence-electron chi connectivity index (χ4n) is 2.40. The van der Waals surface area contributed by atoms with Gasteiger partial charge in [-0.3, -0.25) is 0 Å². The molecule has 0 saturated carbocycles. The van der Waals surface area contributed by atoms with Gasteiger partial charge in [-0.05, 0) is 43.0 Å². The summed E-state index contributed by atoms with van der Waals surface area (Å²) in [5, 5.41) is 17.9. The highest BCUT2D eigenvalue weighted by atomic mass is 32.2. The van der Waals surface area contributed by atoms with E-state index in [1.54, 1.807) is 6.07 Å². The third-order valence-electron chi connectivity index (χ3n) is 3.24. The second kappa shape index (κ2) is 5.26. The topological polar surface area (TPSA) is 92.4 Å². The van der Waals surface area contributed by atoms with Crippen LogP contribution in [0.4, 0.5) is 0 Å². The molecule has 0 aliphatic heterocycles. The van der Waals surface area contributed by atoms with Gasteiger partial charge < -0.3 is 10.4 Å². The second-order valence-electron chi connectivity index (χ2n) is 4.61. The number of phenols is 1. The number of benzene rings is 1. The van der Waals surface area contributed by atoms with Crippen LogP contribution in [0, 0.1) is 0 Å². The van der Waals surface area contributed by atoms with Gasteiger partial charge in [0.15, 0.2) is 0 Å². The molecule has 18 heavy (non-hydrogen) atoms. The van der Waals surface area contributed by atoms with Gasteiger partial charge in [-0.15, -0.1) is 0 Å². The molecule has 0 radical (unpaired) electrons. The summed E-state index contributed by atoms with van der Waals surface area (Å²) in [6.45, 7) is 0.607. The van der Waals surface area contributed by atoms with Crippen LogP contribution in [0.2, 0.25) is 0 Å². The van der Waals surface area contributed by atoms with Crippen LogP contribution in [0.5, 0.6) is 5.75 Å². The average Bonchev–Trinajstić information content (AvgIpc) is 2.68. The van der Waals surface area contributed by atoms with E-state index in [4.69, 9.17) is 5.14 Å². The molecule has 0 amide bonds. The quantitative estimate of drug-likeness (QED) is 0.685. The van der Waals surface area contributed by atoms with Gasteiger partial charge in [0.1, 0.15) is 5.75 Å². The monoisotopic (exact) mass is 270 g/mol. The first-order chi connectivity index (χ1) is 8.47. The molecule has 6 heteroatoms. The number of sulfonamides is 1. The molecule has 0 heterocycles. The zero-order chi connectivity index (χ0) is 13.2. The number of nitrogens with two attached hydrogens (primary N) is 1. The molecule has 1 atom stereocenters. The van der Waals surface area contributed by atoms with Crippen molar-refractivity contribution >= 4 is 10.0 Å². The molecule has 1 aromatic carbocycles. The smallest absolute Gasteiger partial charge is 0.209 e. The number of rotatable bonds is 5. The van der Waals surface area contributed by atoms with Gasteiger partial charge in [-0.1, -0.05) is 12.1 Å². The minimum absolute atomic E-state index is 0.000380. The number of fused-ring (bicyclic) bond motifs is 1. The van der Waals surface area contributed by atoms with Crippen LogP contribution >= 0.6 is 0 Å². The van der Waals surface area contributed by atoms with Crippen LogP contribution in [0.15, 0.2) is 18.2 Å². The number of phenolic OH excluding ortho intramolecular Hbond substituents is 1. The summed E-state index contributed by atoms with van der Waals surface area (Å²) in [7, 11) is -3.37. The molecule has 4 N–H and O–H groups in total. The number of hydrogen-bond donors (Lipinski definition) is 3. The van der Waals surface area contributed by atoms with Crippen molar-refractivity contribution in [3.63, 3.8) is 0 Å². The Morgan fingerprint density at radius 2 is 2.22 bits per heavy atom. The molecular formula is C12H18N2O3S. The van der Waals surface area contributed by atoms with Crippen LogP contribution in [-0.4, -0.2) is 25.8 Å². The van der Waals surface area contributed by atoms with Crippen molar-refractivity contribution in [2.75, 3.05) is 12.3 Å². The summed E-state index contributed by atoms with van der Waals surface area (Å²) >= 11 is 0. The van der Waals surface area contributed by atoms with Gasteiger partial charge in [0.05, 0.1) is 5.75 Å². The Bertz CT molecular complexity index is 528. The number of nitrogens with one attached hydrogen (secondary N) is 1. The molecule has 1 aliphatic carbocycles. The first-order valence-electron chi connectivity index (χ1n) is 6.02. The summed E-state index contributed by atoms with van der Waals surface area (Å²) in [6, 6.07) is 5.73. The highest BCUT2D eigenvalue weighted by Gasteiger charge is 2.23. The lowest BCUT2D eigenvalue weighted by Crippen LogP contribution is -2.24. The first-order valence-corrected chi connectivity index (χ1v) is 7.73. The normalized spacial score (nSPS) is 18.8. The largest absolute Gasteiger partial charge is 0.508 e. The summed E-state index contributed by atoms with van der Waals surface area (Å²) in [5.41, 5.74) is 2.12. The van der Waals surface area contributed by atoms with Crippen molar-refractivity contribution < 1.29 is 13.5 Å². The third kappa shape index (κ3) is 3.22. The van der Waals surface area contributed by atoms with Crippen LogP contribution in [0.3, 0.4) is 0 Å².